The number of halogens is 1. The molecule has 0 aliphatic heterocycles. The molecule has 7 heteroatoms. The molecule has 0 fully saturated rings. The molecule has 0 spiro atoms. The Morgan fingerprint density at radius 2 is 2.32 bits per heavy atom. The van der Waals surface area contributed by atoms with Gasteiger partial charge in [-0.3, -0.25) is 0 Å². The predicted molar refractivity (Wildman–Crippen MR) is 78.8 cm³/mol. The van der Waals surface area contributed by atoms with Crippen molar-refractivity contribution in [2.24, 2.45) is 0 Å². The molecule has 0 aliphatic carbocycles. The Morgan fingerprint density at radius 3 is 3.00 bits per heavy atom. The van der Waals surface area contributed by atoms with Gasteiger partial charge in [-0.25, -0.2) is 0 Å². The average molecular weight is 344 g/mol. The molecule has 2 rings (SSSR count). The first-order valence-corrected chi connectivity index (χ1v) is 7.25. The number of ether oxygens (including phenoxy) is 1. The predicted octanol–water partition coefficient (Wildman–Crippen LogP) is 2.46. The number of nitrogens with zero attached hydrogens (tertiary/aromatic N) is 2. The van der Waals surface area contributed by atoms with Crippen LogP contribution in [-0.2, 0) is 0 Å². The van der Waals surface area contributed by atoms with Gasteiger partial charge in [-0.05, 0) is 30.7 Å². The van der Waals surface area contributed by atoms with Crippen molar-refractivity contribution in [3.05, 3.63) is 34.4 Å². The normalized spacial score (nSPS) is 12.2. The van der Waals surface area contributed by atoms with Crippen LogP contribution in [0.25, 0.3) is 0 Å². The van der Waals surface area contributed by atoms with Gasteiger partial charge in [-0.2, -0.15) is 4.37 Å². The van der Waals surface area contributed by atoms with Gasteiger partial charge in [0.05, 0.1) is 11.7 Å². The van der Waals surface area contributed by atoms with Crippen LogP contribution in [0.2, 0.25) is 0 Å². The van der Waals surface area contributed by atoms with E-state index >= 15 is 0 Å². The van der Waals surface area contributed by atoms with Crippen molar-refractivity contribution >= 4 is 33.3 Å². The lowest BCUT2D eigenvalue weighted by Gasteiger charge is -2.13. The van der Waals surface area contributed by atoms with E-state index in [-0.39, 0.29) is 6.61 Å². The van der Waals surface area contributed by atoms with Gasteiger partial charge in [0.25, 0.3) is 0 Å². The lowest BCUT2D eigenvalue weighted by Crippen LogP contribution is -2.26. The highest BCUT2D eigenvalue weighted by atomic mass is 79.9. The molecule has 2 N–H and O–H groups in total. The van der Waals surface area contributed by atoms with Crippen molar-refractivity contribution in [3.63, 3.8) is 0 Å². The first-order chi connectivity index (χ1) is 9.13. The van der Waals surface area contributed by atoms with Gasteiger partial charge in [0.2, 0.25) is 5.88 Å². The molecular weight excluding hydrogens is 330 g/mol. The molecule has 0 radical (unpaired) electrons. The summed E-state index contributed by atoms with van der Waals surface area (Å²) in [5.41, 5.74) is 2.11. The molecule has 0 bridgehead atoms. The van der Waals surface area contributed by atoms with Crippen molar-refractivity contribution in [1.82, 2.24) is 8.75 Å². The van der Waals surface area contributed by atoms with Crippen molar-refractivity contribution < 1.29 is 9.84 Å². The minimum Gasteiger partial charge on any atom is -0.473 e. The molecule has 5 nitrogen and oxygen atoms in total. The summed E-state index contributed by atoms with van der Waals surface area (Å²) in [6.07, 6.45) is 0.920. The quantitative estimate of drug-likeness (QED) is 0.843. The van der Waals surface area contributed by atoms with Crippen LogP contribution in [0, 0.1) is 6.92 Å². The highest BCUT2D eigenvalue weighted by Crippen LogP contribution is 2.19. The van der Waals surface area contributed by atoms with Crippen LogP contribution >= 0.6 is 27.7 Å². The van der Waals surface area contributed by atoms with E-state index in [1.54, 1.807) is 0 Å². The van der Waals surface area contributed by atoms with Crippen molar-refractivity contribution in [2.75, 3.05) is 18.5 Å². The second kappa shape index (κ2) is 6.83. The molecule has 2 aromatic rings. The Morgan fingerprint density at radius 1 is 1.47 bits per heavy atom. The Balaban J connectivity index is 1.78. The van der Waals surface area contributed by atoms with Gasteiger partial charge in [0, 0.05) is 16.7 Å². The third-order valence-corrected chi connectivity index (χ3v) is 3.27. The van der Waals surface area contributed by atoms with Gasteiger partial charge >= 0.3 is 0 Å². The minimum absolute atomic E-state index is 0.186. The van der Waals surface area contributed by atoms with Crippen LogP contribution in [0.3, 0.4) is 0 Å². The van der Waals surface area contributed by atoms with Crippen LogP contribution in [0.5, 0.6) is 5.88 Å². The van der Waals surface area contributed by atoms with Crippen LogP contribution in [-0.4, -0.2) is 33.1 Å². The van der Waals surface area contributed by atoms with E-state index in [0.29, 0.717) is 12.4 Å². The molecule has 19 heavy (non-hydrogen) atoms. The molecule has 1 heterocycles. The maximum Gasteiger partial charge on any atom is 0.245 e. The molecule has 102 valence electrons. The molecule has 0 saturated carbocycles. The topological polar surface area (TPSA) is 67.3 Å². The third-order valence-electron chi connectivity index (χ3n) is 2.35. The van der Waals surface area contributed by atoms with Crippen molar-refractivity contribution in [2.45, 2.75) is 13.0 Å². The Kier molecular flexibility index (Phi) is 5.12. The van der Waals surface area contributed by atoms with Crippen LogP contribution < -0.4 is 10.1 Å². The summed E-state index contributed by atoms with van der Waals surface area (Å²) in [5.74, 6) is 0.447. The molecular formula is C12H14BrN3O2S. The number of hydrogen-bond acceptors (Lipinski definition) is 6. The smallest absolute Gasteiger partial charge is 0.245 e. The Hall–Kier alpha value is -1.18. The highest BCUT2D eigenvalue weighted by Gasteiger charge is 2.07. The highest BCUT2D eigenvalue weighted by molar-refractivity contribution is 9.10. The summed E-state index contributed by atoms with van der Waals surface area (Å²) in [4.78, 5) is 0. The molecule has 0 amide bonds. The zero-order valence-electron chi connectivity index (χ0n) is 10.3. The Bertz CT molecular complexity index is 501. The molecule has 1 aromatic heterocycles. The van der Waals surface area contributed by atoms with Gasteiger partial charge in [-0.1, -0.05) is 15.9 Å². The fourth-order valence-corrected chi connectivity index (χ4v) is 2.51. The first kappa shape index (κ1) is 14.2. The molecule has 1 atom stereocenters. The first-order valence-electron chi connectivity index (χ1n) is 5.73. The summed E-state index contributed by atoms with van der Waals surface area (Å²) < 4.78 is 14.0. The zero-order valence-corrected chi connectivity index (χ0v) is 12.7. The van der Waals surface area contributed by atoms with Gasteiger partial charge in [0.15, 0.2) is 0 Å². The van der Waals surface area contributed by atoms with Gasteiger partial charge in [-0.15, -0.1) is 4.37 Å². The standard InChI is InChI=1S/C12H14BrN3O2S/c1-8-2-9(13)4-10(3-8)14-5-11(17)7-18-12-6-15-19-16-12/h2-4,6,11,14,17H,5,7H2,1H3. The molecule has 0 saturated heterocycles. The van der Waals surface area contributed by atoms with E-state index in [0.717, 1.165) is 27.5 Å². The summed E-state index contributed by atoms with van der Waals surface area (Å²) in [5, 5.41) is 13.0. The van der Waals surface area contributed by atoms with E-state index < -0.39 is 6.10 Å². The van der Waals surface area contributed by atoms with Gasteiger partial charge < -0.3 is 15.2 Å². The summed E-state index contributed by atoms with van der Waals surface area (Å²) in [6.45, 7) is 2.61. The maximum absolute atomic E-state index is 9.80. The number of aromatic nitrogens is 2. The SMILES string of the molecule is Cc1cc(Br)cc(NCC(O)COc2cnsn2)c1. The molecule has 1 aromatic carbocycles. The van der Waals surface area contributed by atoms with E-state index in [9.17, 15) is 5.11 Å². The van der Waals surface area contributed by atoms with E-state index in [4.69, 9.17) is 4.74 Å². The van der Waals surface area contributed by atoms with E-state index in [1.807, 2.05) is 25.1 Å². The number of aliphatic hydroxyl groups excluding tert-OH is 1. The second-order valence-electron chi connectivity index (χ2n) is 4.11. The minimum atomic E-state index is -0.610. The van der Waals surface area contributed by atoms with E-state index in [1.165, 1.54) is 6.20 Å². The lowest BCUT2D eigenvalue weighted by atomic mass is 10.2. The van der Waals surface area contributed by atoms with Crippen molar-refractivity contribution in [1.29, 1.82) is 0 Å². The van der Waals surface area contributed by atoms with Crippen LogP contribution in [0.1, 0.15) is 5.56 Å². The fourth-order valence-electron chi connectivity index (χ4n) is 1.53. The number of rotatable bonds is 6. The number of nitrogens with one attached hydrogen (secondary N) is 1. The van der Waals surface area contributed by atoms with E-state index in [2.05, 4.69) is 30.0 Å². The molecule has 1 unspecified atom stereocenters. The third kappa shape index (κ3) is 4.77. The number of anilines is 1. The molecule has 0 aliphatic rings. The number of aliphatic hydroxyl groups is 1. The number of benzene rings is 1. The summed E-state index contributed by atoms with van der Waals surface area (Å²) in [7, 11) is 0. The average Bonchev–Trinajstić information content (AvgIpc) is 2.86. The zero-order chi connectivity index (χ0) is 13.7. The monoisotopic (exact) mass is 343 g/mol. The van der Waals surface area contributed by atoms with Crippen LogP contribution in [0.15, 0.2) is 28.9 Å². The Labute approximate surface area is 124 Å². The maximum atomic E-state index is 9.80. The number of hydrogen-bond donors (Lipinski definition) is 2. The van der Waals surface area contributed by atoms with Crippen LogP contribution in [0.4, 0.5) is 5.69 Å². The fraction of sp³-hybridized carbons (Fsp3) is 0.333. The van der Waals surface area contributed by atoms with Gasteiger partial charge in [0.1, 0.15) is 18.9 Å². The largest absolute Gasteiger partial charge is 0.473 e. The second-order valence-corrected chi connectivity index (χ2v) is 5.58. The lowest BCUT2D eigenvalue weighted by molar-refractivity contribution is 0.115. The summed E-state index contributed by atoms with van der Waals surface area (Å²) in [6, 6.07) is 6.01. The number of aryl methyl sites for hydroxylation is 1. The summed E-state index contributed by atoms with van der Waals surface area (Å²) >= 11 is 4.51. The van der Waals surface area contributed by atoms with Crippen molar-refractivity contribution in [3.8, 4) is 5.88 Å².